The third-order valence-corrected chi connectivity index (χ3v) is 6.84. The lowest BCUT2D eigenvalue weighted by molar-refractivity contribution is 0.102. The molecule has 1 fully saturated rings. The quantitative estimate of drug-likeness (QED) is 0.355. The number of fused-ring (bicyclic) bond motifs is 1. The van der Waals surface area contributed by atoms with Gasteiger partial charge in [-0.2, -0.15) is 0 Å². The summed E-state index contributed by atoms with van der Waals surface area (Å²) in [6.45, 7) is 1.05. The van der Waals surface area contributed by atoms with Crippen molar-refractivity contribution in [3.8, 4) is 11.3 Å². The van der Waals surface area contributed by atoms with Crippen molar-refractivity contribution in [3.63, 3.8) is 0 Å². The molecule has 2 aromatic carbocycles. The van der Waals surface area contributed by atoms with E-state index in [1.54, 1.807) is 12.1 Å². The Morgan fingerprint density at radius 2 is 1.94 bits per heavy atom. The van der Waals surface area contributed by atoms with Crippen molar-refractivity contribution in [3.05, 3.63) is 77.4 Å². The van der Waals surface area contributed by atoms with Crippen molar-refractivity contribution in [2.75, 3.05) is 21.9 Å². The second-order valence-corrected chi connectivity index (χ2v) is 8.96. The maximum Gasteiger partial charge on any atom is 0.255 e. The first-order valence-electron chi connectivity index (χ1n) is 10.2. The highest BCUT2D eigenvalue weighted by Gasteiger charge is 2.14. The van der Waals surface area contributed by atoms with Crippen LogP contribution in [0.4, 0.5) is 11.4 Å². The summed E-state index contributed by atoms with van der Waals surface area (Å²) in [7, 11) is 0. The summed E-state index contributed by atoms with van der Waals surface area (Å²) in [4.78, 5) is 20.5. The first-order chi connectivity index (χ1) is 15.2. The zero-order chi connectivity index (χ0) is 21.2. The largest absolute Gasteiger partial charge is 0.346 e. The third-order valence-electron chi connectivity index (χ3n) is 5.33. The van der Waals surface area contributed by atoms with Gasteiger partial charge in [-0.15, -0.1) is 0 Å². The predicted molar refractivity (Wildman–Crippen MR) is 130 cm³/mol. The number of hydrogen-bond acceptors (Lipinski definition) is 4. The molecule has 156 valence electrons. The predicted octanol–water partition coefficient (Wildman–Crippen LogP) is 6.38. The van der Waals surface area contributed by atoms with Gasteiger partial charge >= 0.3 is 0 Å². The minimum atomic E-state index is -0.154. The highest BCUT2D eigenvalue weighted by Crippen LogP contribution is 2.31. The molecule has 0 atom stereocenters. The van der Waals surface area contributed by atoms with Crippen LogP contribution in [0, 0.1) is 0 Å². The van der Waals surface area contributed by atoms with E-state index in [1.165, 1.54) is 12.8 Å². The van der Waals surface area contributed by atoms with E-state index in [-0.39, 0.29) is 5.91 Å². The van der Waals surface area contributed by atoms with E-state index in [0.717, 1.165) is 40.3 Å². The SMILES string of the molecule is O=C(Nc1ccc(Cl)c(-c2ccc3cc[nH]c3n2)c1)c1ccc(N2CCCCS2)cc1. The summed E-state index contributed by atoms with van der Waals surface area (Å²) in [6, 6.07) is 19.1. The monoisotopic (exact) mass is 448 g/mol. The van der Waals surface area contributed by atoms with Crippen LogP contribution in [0.25, 0.3) is 22.3 Å². The molecule has 1 saturated heterocycles. The van der Waals surface area contributed by atoms with Crippen LogP contribution in [0.15, 0.2) is 66.9 Å². The van der Waals surface area contributed by atoms with Crippen LogP contribution in [0.1, 0.15) is 23.2 Å². The molecule has 4 aromatic rings. The number of carbonyl (C=O) groups excluding carboxylic acids is 1. The number of carbonyl (C=O) groups is 1. The Hall–Kier alpha value is -2.96. The van der Waals surface area contributed by atoms with Crippen LogP contribution < -0.4 is 9.62 Å². The number of benzene rings is 2. The first kappa shape index (κ1) is 20.0. The van der Waals surface area contributed by atoms with Crippen LogP contribution in [0.3, 0.4) is 0 Å². The summed E-state index contributed by atoms with van der Waals surface area (Å²) in [5.41, 5.74) is 4.75. The lowest BCUT2D eigenvalue weighted by atomic mass is 10.1. The van der Waals surface area contributed by atoms with Gasteiger partial charge in [0, 0.05) is 46.4 Å². The van der Waals surface area contributed by atoms with Crippen LogP contribution in [0.2, 0.25) is 5.02 Å². The van der Waals surface area contributed by atoms with Gasteiger partial charge in [0.1, 0.15) is 5.65 Å². The molecule has 7 heteroatoms. The Morgan fingerprint density at radius 1 is 1.06 bits per heavy atom. The lowest BCUT2D eigenvalue weighted by Crippen LogP contribution is -2.21. The Kier molecular flexibility index (Phi) is 5.57. The lowest BCUT2D eigenvalue weighted by Gasteiger charge is -2.27. The zero-order valence-electron chi connectivity index (χ0n) is 16.8. The molecular weight excluding hydrogens is 428 g/mol. The summed E-state index contributed by atoms with van der Waals surface area (Å²) in [5.74, 6) is 0.992. The van der Waals surface area contributed by atoms with Crippen LogP contribution in [-0.2, 0) is 0 Å². The Morgan fingerprint density at radius 3 is 2.74 bits per heavy atom. The fourth-order valence-electron chi connectivity index (χ4n) is 3.66. The average molecular weight is 449 g/mol. The summed E-state index contributed by atoms with van der Waals surface area (Å²) in [6.07, 6.45) is 4.33. The van der Waals surface area contributed by atoms with E-state index in [0.29, 0.717) is 16.3 Å². The molecule has 0 aliphatic carbocycles. The summed E-state index contributed by atoms with van der Waals surface area (Å²) in [5, 5.41) is 4.60. The Labute approximate surface area is 190 Å². The summed E-state index contributed by atoms with van der Waals surface area (Å²) < 4.78 is 2.30. The molecule has 5 nitrogen and oxygen atoms in total. The number of nitrogens with zero attached hydrogens (tertiary/aromatic N) is 2. The number of amides is 1. The van der Waals surface area contributed by atoms with Gasteiger partial charge in [-0.3, -0.25) is 4.79 Å². The molecule has 2 N–H and O–H groups in total. The number of aromatic amines is 1. The van der Waals surface area contributed by atoms with Crippen molar-refractivity contribution in [2.45, 2.75) is 12.8 Å². The highest BCUT2D eigenvalue weighted by atomic mass is 35.5. The smallest absolute Gasteiger partial charge is 0.255 e. The van der Waals surface area contributed by atoms with Crippen LogP contribution in [0.5, 0.6) is 0 Å². The van der Waals surface area contributed by atoms with Crippen molar-refractivity contribution in [1.82, 2.24) is 9.97 Å². The van der Waals surface area contributed by atoms with Gasteiger partial charge in [0.25, 0.3) is 5.91 Å². The van der Waals surface area contributed by atoms with Crippen LogP contribution >= 0.6 is 23.5 Å². The second-order valence-electron chi connectivity index (χ2n) is 7.45. The van der Waals surface area contributed by atoms with Gasteiger partial charge in [-0.1, -0.05) is 11.6 Å². The molecule has 1 amide bonds. The molecule has 2 aromatic heterocycles. The molecular formula is C24H21ClN4OS. The fraction of sp³-hybridized carbons (Fsp3) is 0.167. The third kappa shape index (κ3) is 4.27. The molecule has 0 saturated carbocycles. The van der Waals surface area contributed by atoms with E-state index in [2.05, 4.69) is 19.6 Å². The number of nitrogens with one attached hydrogen (secondary N) is 2. The molecule has 0 radical (unpaired) electrons. The van der Waals surface area contributed by atoms with Crippen LogP contribution in [-0.4, -0.2) is 28.2 Å². The van der Waals surface area contributed by atoms with Crippen molar-refractivity contribution >= 4 is 51.9 Å². The molecule has 3 heterocycles. The van der Waals surface area contributed by atoms with E-state index in [9.17, 15) is 4.79 Å². The first-order valence-corrected chi connectivity index (χ1v) is 11.6. The standard InChI is InChI=1S/C24H21ClN4OS/c25-21-9-6-18(15-20(21)22-10-5-16-11-12-26-23(16)28-22)27-24(30)17-3-7-19(8-4-17)29-13-1-2-14-31-29/h3-12,15H,1-2,13-14H2,(H,26,28)(H,27,30). The Bertz CT molecular complexity index is 1230. The number of halogens is 1. The number of anilines is 2. The summed E-state index contributed by atoms with van der Waals surface area (Å²) >= 11 is 8.28. The molecule has 1 aliphatic rings. The van der Waals surface area contributed by atoms with Crippen molar-refractivity contribution in [2.24, 2.45) is 0 Å². The Balaban J connectivity index is 1.35. The number of hydrogen-bond donors (Lipinski definition) is 2. The van der Waals surface area contributed by atoms with E-state index >= 15 is 0 Å². The van der Waals surface area contributed by atoms with E-state index < -0.39 is 0 Å². The van der Waals surface area contributed by atoms with E-state index in [1.807, 2.05) is 66.7 Å². The van der Waals surface area contributed by atoms with Gasteiger partial charge in [-0.25, -0.2) is 4.98 Å². The topological polar surface area (TPSA) is 61.0 Å². The minimum absolute atomic E-state index is 0.154. The van der Waals surface area contributed by atoms with E-state index in [4.69, 9.17) is 11.6 Å². The molecule has 0 unspecified atom stereocenters. The number of aromatic nitrogens is 2. The fourth-order valence-corrected chi connectivity index (χ4v) is 4.96. The number of rotatable bonds is 4. The molecule has 31 heavy (non-hydrogen) atoms. The normalized spacial score (nSPS) is 14.0. The number of H-pyrrole nitrogens is 1. The molecule has 0 spiro atoms. The minimum Gasteiger partial charge on any atom is -0.346 e. The average Bonchev–Trinajstić information content (AvgIpc) is 3.29. The van der Waals surface area contributed by atoms with Gasteiger partial charge in [0.2, 0.25) is 0 Å². The van der Waals surface area contributed by atoms with Crippen molar-refractivity contribution in [1.29, 1.82) is 0 Å². The maximum absolute atomic E-state index is 12.8. The molecule has 5 rings (SSSR count). The zero-order valence-corrected chi connectivity index (χ0v) is 18.3. The highest BCUT2D eigenvalue weighted by molar-refractivity contribution is 8.00. The van der Waals surface area contributed by atoms with Gasteiger partial charge < -0.3 is 14.6 Å². The number of pyridine rings is 1. The van der Waals surface area contributed by atoms with Gasteiger partial charge in [0.15, 0.2) is 0 Å². The molecule has 0 bridgehead atoms. The molecule has 1 aliphatic heterocycles. The van der Waals surface area contributed by atoms with Crippen molar-refractivity contribution < 1.29 is 4.79 Å². The van der Waals surface area contributed by atoms with Gasteiger partial charge in [0.05, 0.1) is 10.7 Å². The maximum atomic E-state index is 12.8. The second kappa shape index (κ2) is 8.65. The van der Waals surface area contributed by atoms with Gasteiger partial charge in [-0.05, 0) is 85.5 Å².